The third kappa shape index (κ3) is 697. The molecule has 0 atom stereocenters. The van der Waals surface area contributed by atoms with E-state index in [2.05, 4.69) is 0 Å². The van der Waals surface area contributed by atoms with Crippen molar-refractivity contribution in [2.45, 2.75) is 0 Å². The third-order valence-electron chi connectivity index (χ3n) is 0. The monoisotopic (exact) mass is 92.0 g/mol. The van der Waals surface area contributed by atoms with Gasteiger partial charge in [-0.15, -0.1) is 0 Å². The molecule has 0 bridgehead atoms. The van der Waals surface area contributed by atoms with Crippen LogP contribution in [0, 0.1) is 0 Å². The van der Waals surface area contributed by atoms with Crippen LogP contribution in [0.25, 0.3) is 0 Å². The van der Waals surface area contributed by atoms with Gasteiger partial charge in [-0.05, 0) is 6.16 Å². The summed E-state index contributed by atoms with van der Waals surface area (Å²) < 4.78 is 0. The van der Waals surface area contributed by atoms with E-state index in [0.717, 1.165) is 0 Å². The van der Waals surface area contributed by atoms with Gasteiger partial charge in [0.2, 0.25) is 0 Å². The van der Waals surface area contributed by atoms with E-state index in [4.69, 9.17) is 15.0 Å². The second kappa shape index (κ2) is 16.1. The smallest absolute Gasteiger partial charge is 0.652 e. The molecule has 0 rings (SSSR count). The summed E-state index contributed by atoms with van der Waals surface area (Å²) in [4.78, 5) is 8.33. The Morgan fingerprint density at radius 2 is 1.14 bits per heavy atom. The maximum absolute atomic E-state index is 8.33. The van der Waals surface area contributed by atoms with Crippen molar-refractivity contribution in [2.75, 3.05) is 0 Å². The molecule has 0 saturated heterocycles. The third-order valence-corrected chi connectivity index (χ3v) is 0. The zero-order chi connectivity index (χ0) is 3.58. The van der Waals surface area contributed by atoms with Crippen molar-refractivity contribution >= 4 is 6.16 Å². The van der Waals surface area contributed by atoms with Gasteiger partial charge in [0.1, 0.15) is 0 Å². The molecule has 0 heterocycles. The van der Waals surface area contributed by atoms with E-state index in [0.29, 0.717) is 0 Å². The summed E-state index contributed by atoms with van der Waals surface area (Å²) >= 11 is 0. The van der Waals surface area contributed by atoms with Crippen molar-refractivity contribution in [3.63, 3.8) is 0 Å². The standard InChI is InChI=1S/CH2O3.2Li.H2O/c2-1(3)4;;;/h(H2,2,3,4);;;1H2/q;2*+1;/p-2. The van der Waals surface area contributed by atoms with E-state index in [1.54, 1.807) is 0 Å². The first-order chi connectivity index (χ1) is 1.73. The predicted octanol–water partition coefficient (Wildman–Crippen LogP) is -9.26. The second-order valence-corrected chi connectivity index (χ2v) is 0.250. The van der Waals surface area contributed by atoms with Crippen LogP contribution < -0.4 is 47.9 Å². The molecule has 0 spiro atoms. The SMILES string of the molecule is O.O=C([O-])[O-].[Li+].[Li+]. The Balaban J connectivity index is -0.0000000150. The Morgan fingerprint density at radius 3 is 1.14 bits per heavy atom. The number of rotatable bonds is 0. The van der Waals surface area contributed by atoms with Gasteiger partial charge in [-0.25, -0.2) is 0 Å². The van der Waals surface area contributed by atoms with Crippen LogP contribution in [0.2, 0.25) is 0 Å². The fraction of sp³-hybridized carbons (Fsp3) is 0. The van der Waals surface area contributed by atoms with E-state index in [9.17, 15) is 0 Å². The van der Waals surface area contributed by atoms with Gasteiger partial charge in [0.25, 0.3) is 0 Å². The van der Waals surface area contributed by atoms with Crippen molar-refractivity contribution in [1.82, 2.24) is 0 Å². The van der Waals surface area contributed by atoms with E-state index in [1.807, 2.05) is 0 Å². The van der Waals surface area contributed by atoms with Crippen LogP contribution in [0.4, 0.5) is 4.79 Å². The minimum atomic E-state index is -2.33. The Hall–Kier alpha value is 0.425. The molecule has 32 valence electrons. The number of carbonyl (C=O) groups is 1. The molecule has 7 heavy (non-hydrogen) atoms. The van der Waals surface area contributed by atoms with Gasteiger partial charge in [0.15, 0.2) is 0 Å². The number of hydrogen-bond donors (Lipinski definition) is 0. The minimum Gasteiger partial charge on any atom is -0.652 e. The number of carboxylic acid groups (broad SMARTS) is 2. The largest absolute Gasteiger partial charge is 1.00 e. The zero-order valence-electron chi connectivity index (χ0n) is 4.22. The quantitative estimate of drug-likeness (QED) is 0.277. The molecule has 4 nitrogen and oxygen atoms in total. The Bertz CT molecular complexity index is 32.7. The number of hydrogen-bond acceptors (Lipinski definition) is 3. The van der Waals surface area contributed by atoms with Gasteiger partial charge >= 0.3 is 37.7 Å². The summed E-state index contributed by atoms with van der Waals surface area (Å²) in [5.74, 6) is 0. The van der Waals surface area contributed by atoms with Gasteiger partial charge in [0, 0.05) is 0 Å². The maximum atomic E-state index is 8.33. The number of carbonyl (C=O) groups excluding carboxylic acids is 1. The van der Waals surface area contributed by atoms with Crippen molar-refractivity contribution in [3.05, 3.63) is 0 Å². The van der Waals surface area contributed by atoms with Crippen LogP contribution in [0.15, 0.2) is 0 Å². The Morgan fingerprint density at radius 1 is 1.14 bits per heavy atom. The molecule has 0 radical (unpaired) electrons. The summed E-state index contributed by atoms with van der Waals surface area (Å²) in [6.45, 7) is 0. The molecule has 0 unspecified atom stereocenters. The zero-order valence-corrected chi connectivity index (χ0v) is 4.22. The molecule has 0 aliphatic heterocycles. The molecule has 0 aliphatic rings. The molecule has 0 aromatic heterocycles. The van der Waals surface area contributed by atoms with Gasteiger partial charge in [-0.3, -0.25) is 0 Å². The molecule has 0 amide bonds. The summed E-state index contributed by atoms with van der Waals surface area (Å²) in [7, 11) is 0. The van der Waals surface area contributed by atoms with Crippen LogP contribution in [0.1, 0.15) is 0 Å². The first-order valence-corrected chi connectivity index (χ1v) is 0.612. The van der Waals surface area contributed by atoms with E-state index in [1.165, 1.54) is 0 Å². The van der Waals surface area contributed by atoms with Gasteiger partial charge in [-0.2, -0.15) is 0 Å². The van der Waals surface area contributed by atoms with Crippen LogP contribution in [-0.2, 0) is 0 Å². The first kappa shape index (κ1) is 26.1. The van der Waals surface area contributed by atoms with Crippen molar-refractivity contribution in [1.29, 1.82) is 0 Å². The van der Waals surface area contributed by atoms with Crippen LogP contribution in [0.3, 0.4) is 0 Å². The van der Waals surface area contributed by atoms with Gasteiger partial charge in [-0.1, -0.05) is 0 Å². The van der Waals surface area contributed by atoms with Crippen LogP contribution >= 0.6 is 0 Å². The van der Waals surface area contributed by atoms with Crippen LogP contribution in [-0.4, -0.2) is 11.6 Å². The van der Waals surface area contributed by atoms with Gasteiger partial charge in [0.05, 0.1) is 0 Å². The molecule has 0 aromatic rings. The molecule has 6 heteroatoms. The van der Waals surface area contributed by atoms with E-state index >= 15 is 0 Å². The summed E-state index contributed by atoms with van der Waals surface area (Å²) in [6.07, 6.45) is -2.33. The summed E-state index contributed by atoms with van der Waals surface area (Å²) in [5, 5.41) is 16.7. The topological polar surface area (TPSA) is 94.7 Å². The predicted molar refractivity (Wildman–Crippen MR) is 9.01 cm³/mol. The normalized spacial score (nSPS) is 3.43. The average Bonchev–Trinajstić information content (AvgIpc) is 0.811. The maximum Gasteiger partial charge on any atom is 1.00 e. The molecular formula is CH2Li2O4. The van der Waals surface area contributed by atoms with Gasteiger partial charge < -0.3 is 20.5 Å². The summed E-state index contributed by atoms with van der Waals surface area (Å²) in [5.41, 5.74) is 0. The molecule has 0 aromatic carbocycles. The first-order valence-electron chi connectivity index (χ1n) is 0.612. The van der Waals surface area contributed by atoms with E-state index < -0.39 is 6.16 Å². The molecule has 2 N–H and O–H groups in total. The van der Waals surface area contributed by atoms with Crippen LogP contribution in [0.5, 0.6) is 0 Å². The molecule has 0 aliphatic carbocycles. The average molecular weight is 91.9 g/mol. The van der Waals surface area contributed by atoms with Crippen molar-refractivity contribution < 1.29 is 58.2 Å². The fourth-order valence-electron chi connectivity index (χ4n) is 0. The fourth-order valence-corrected chi connectivity index (χ4v) is 0. The molecular weight excluding hydrogens is 89.9 g/mol. The molecule has 0 fully saturated rings. The summed E-state index contributed by atoms with van der Waals surface area (Å²) in [6, 6.07) is 0. The minimum absolute atomic E-state index is 0. The van der Waals surface area contributed by atoms with Crippen molar-refractivity contribution in [3.8, 4) is 0 Å². The van der Waals surface area contributed by atoms with E-state index in [-0.39, 0.29) is 43.2 Å². The molecule has 0 saturated carbocycles. The van der Waals surface area contributed by atoms with Crippen molar-refractivity contribution in [2.24, 2.45) is 0 Å². The Kier molecular flexibility index (Phi) is 60.2. The Labute approximate surface area is 64.6 Å². The second-order valence-electron chi connectivity index (χ2n) is 0.250.